The lowest BCUT2D eigenvalue weighted by atomic mass is 9.66. The van der Waals surface area contributed by atoms with E-state index in [1.807, 2.05) is 56.3 Å². The zero-order valence-electron chi connectivity index (χ0n) is 20.2. The van der Waals surface area contributed by atoms with Crippen molar-refractivity contribution in [3.8, 4) is 0 Å². The number of ether oxygens (including phenoxy) is 1. The van der Waals surface area contributed by atoms with Crippen LogP contribution in [0.1, 0.15) is 44.2 Å². The van der Waals surface area contributed by atoms with Crippen molar-refractivity contribution in [1.29, 1.82) is 0 Å². The summed E-state index contributed by atoms with van der Waals surface area (Å²) in [6, 6.07) is 16.0. The summed E-state index contributed by atoms with van der Waals surface area (Å²) in [6.45, 7) is 5.30. The molecule has 3 rings (SSSR count). The summed E-state index contributed by atoms with van der Waals surface area (Å²) in [5.74, 6) is -0.141. The van der Waals surface area contributed by atoms with E-state index >= 15 is 0 Å². The van der Waals surface area contributed by atoms with Crippen molar-refractivity contribution >= 4 is 36.0 Å². The number of halogens is 2. The van der Waals surface area contributed by atoms with E-state index in [9.17, 15) is 14.7 Å². The van der Waals surface area contributed by atoms with Crippen LogP contribution in [-0.4, -0.2) is 47.7 Å². The van der Waals surface area contributed by atoms with Crippen LogP contribution in [0.25, 0.3) is 0 Å². The highest BCUT2D eigenvalue weighted by Crippen LogP contribution is 2.46. The third kappa shape index (κ3) is 7.34. The molecule has 1 heterocycles. The highest BCUT2D eigenvalue weighted by atomic mass is 35.5. The van der Waals surface area contributed by atoms with Gasteiger partial charge in [-0.2, -0.15) is 0 Å². The minimum absolute atomic E-state index is 0. The van der Waals surface area contributed by atoms with Crippen molar-refractivity contribution < 1.29 is 19.4 Å². The van der Waals surface area contributed by atoms with Gasteiger partial charge in [-0.3, -0.25) is 4.79 Å². The zero-order valence-corrected chi connectivity index (χ0v) is 21.8. The van der Waals surface area contributed by atoms with E-state index in [1.54, 1.807) is 17.0 Å². The van der Waals surface area contributed by atoms with Gasteiger partial charge in [-0.25, -0.2) is 4.79 Å². The Morgan fingerprint density at radius 3 is 2.46 bits per heavy atom. The molecule has 2 atom stereocenters. The quantitative estimate of drug-likeness (QED) is 0.448. The average molecular weight is 524 g/mol. The second kappa shape index (κ2) is 12.6. The highest BCUT2D eigenvalue weighted by Gasteiger charge is 2.49. The van der Waals surface area contributed by atoms with Crippen LogP contribution < -0.4 is 11.1 Å². The Labute approximate surface area is 218 Å². The van der Waals surface area contributed by atoms with E-state index in [0.29, 0.717) is 43.9 Å². The number of nitrogens with two attached hydrogens (primary N) is 1. The van der Waals surface area contributed by atoms with Gasteiger partial charge < -0.3 is 25.8 Å². The zero-order chi connectivity index (χ0) is 24.8. The van der Waals surface area contributed by atoms with E-state index in [-0.39, 0.29) is 24.9 Å². The summed E-state index contributed by atoms with van der Waals surface area (Å²) in [5, 5.41) is 14.8. The Hall–Kier alpha value is -2.32. The van der Waals surface area contributed by atoms with E-state index in [1.165, 1.54) is 0 Å². The molecule has 9 heteroatoms. The number of amides is 2. The molecule has 7 nitrogen and oxygen atoms in total. The monoisotopic (exact) mass is 523 g/mol. The van der Waals surface area contributed by atoms with Crippen LogP contribution in [0.15, 0.2) is 54.6 Å². The van der Waals surface area contributed by atoms with Crippen LogP contribution in [0.2, 0.25) is 5.02 Å². The molecule has 0 aliphatic carbocycles. The van der Waals surface area contributed by atoms with Gasteiger partial charge in [-0.1, -0.05) is 67.9 Å². The number of likely N-dealkylation sites (tertiary alicyclic amines) is 1. The first-order chi connectivity index (χ1) is 16.1. The number of alkyl carbamates (subject to hydrolysis) is 1. The molecule has 0 aromatic heterocycles. The Morgan fingerprint density at radius 1 is 1.17 bits per heavy atom. The predicted octanol–water partition coefficient (Wildman–Crippen LogP) is 4.24. The van der Waals surface area contributed by atoms with Crippen LogP contribution in [0.4, 0.5) is 4.79 Å². The summed E-state index contributed by atoms with van der Waals surface area (Å²) in [5.41, 5.74) is 6.24. The molecule has 1 aliphatic rings. The molecule has 2 amide bonds. The Bertz CT molecular complexity index is 972. The van der Waals surface area contributed by atoms with Crippen LogP contribution in [0.5, 0.6) is 0 Å². The lowest BCUT2D eigenvalue weighted by Crippen LogP contribution is -2.59. The Morgan fingerprint density at radius 2 is 1.83 bits per heavy atom. The maximum absolute atomic E-state index is 13.0. The normalized spacial score (nSPS) is 19.9. The average Bonchev–Trinajstić information content (AvgIpc) is 2.82. The van der Waals surface area contributed by atoms with E-state index in [4.69, 9.17) is 22.1 Å². The summed E-state index contributed by atoms with van der Waals surface area (Å²) in [7, 11) is 0. The van der Waals surface area contributed by atoms with Crippen molar-refractivity contribution in [2.24, 2.45) is 11.1 Å². The molecule has 192 valence electrons. The fraction of sp³-hybridized carbons (Fsp3) is 0.462. The fourth-order valence-electron chi connectivity index (χ4n) is 4.42. The molecule has 4 N–H and O–H groups in total. The SMILES string of the molecule is CC1(C)CN(C(=O)[C@H](N)CCCNC(=O)OCc2ccccc2)CC[C@]1(O)c1ccc(Cl)cc1.Cl. The minimum atomic E-state index is -1.07. The molecule has 0 radical (unpaired) electrons. The van der Waals surface area contributed by atoms with Crippen molar-refractivity contribution in [3.05, 3.63) is 70.7 Å². The molecular weight excluding hydrogens is 489 g/mol. The van der Waals surface area contributed by atoms with Crippen LogP contribution in [0.3, 0.4) is 0 Å². The summed E-state index contributed by atoms with van der Waals surface area (Å²) in [6.07, 6.45) is 0.910. The van der Waals surface area contributed by atoms with Gasteiger partial charge in [-0.15, -0.1) is 12.4 Å². The molecule has 0 unspecified atom stereocenters. The van der Waals surface area contributed by atoms with Crippen LogP contribution >= 0.6 is 24.0 Å². The van der Waals surface area contributed by atoms with Gasteiger partial charge in [0.1, 0.15) is 6.61 Å². The molecule has 1 saturated heterocycles. The Kier molecular flexibility index (Phi) is 10.4. The number of benzene rings is 2. The third-order valence-electron chi connectivity index (χ3n) is 6.57. The Balaban J connectivity index is 0.00000432. The van der Waals surface area contributed by atoms with Gasteiger partial charge in [-0.05, 0) is 42.5 Å². The lowest BCUT2D eigenvalue weighted by molar-refractivity contribution is -0.154. The van der Waals surface area contributed by atoms with Crippen molar-refractivity contribution in [2.45, 2.75) is 51.4 Å². The number of nitrogens with one attached hydrogen (secondary N) is 1. The maximum atomic E-state index is 13.0. The highest BCUT2D eigenvalue weighted by molar-refractivity contribution is 6.30. The molecule has 2 aromatic rings. The molecule has 2 aromatic carbocycles. The fourth-order valence-corrected chi connectivity index (χ4v) is 4.54. The third-order valence-corrected chi connectivity index (χ3v) is 6.83. The van der Waals surface area contributed by atoms with Gasteiger partial charge in [0.05, 0.1) is 11.6 Å². The smallest absolute Gasteiger partial charge is 0.407 e. The number of hydrogen-bond donors (Lipinski definition) is 3. The van der Waals surface area contributed by atoms with Gasteiger partial charge in [0, 0.05) is 30.1 Å². The van der Waals surface area contributed by atoms with Crippen molar-refractivity contribution in [2.75, 3.05) is 19.6 Å². The number of carbonyl (C=O) groups is 2. The van der Waals surface area contributed by atoms with Gasteiger partial charge >= 0.3 is 6.09 Å². The maximum Gasteiger partial charge on any atom is 0.407 e. The molecule has 0 spiro atoms. The minimum Gasteiger partial charge on any atom is -0.445 e. The number of aliphatic hydroxyl groups is 1. The van der Waals surface area contributed by atoms with Crippen molar-refractivity contribution in [3.63, 3.8) is 0 Å². The number of rotatable bonds is 8. The van der Waals surface area contributed by atoms with Crippen LogP contribution in [0, 0.1) is 5.41 Å². The molecule has 0 bridgehead atoms. The first-order valence-corrected chi connectivity index (χ1v) is 12.0. The predicted molar refractivity (Wildman–Crippen MR) is 139 cm³/mol. The van der Waals surface area contributed by atoms with E-state index < -0.39 is 23.2 Å². The number of carbonyl (C=O) groups excluding carboxylic acids is 2. The molecule has 0 saturated carbocycles. The van der Waals surface area contributed by atoms with Crippen molar-refractivity contribution in [1.82, 2.24) is 10.2 Å². The van der Waals surface area contributed by atoms with E-state index in [2.05, 4.69) is 5.32 Å². The van der Waals surface area contributed by atoms with Gasteiger partial charge in [0.25, 0.3) is 0 Å². The first-order valence-electron chi connectivity index (χ1n) is 11.6. The topological polar surface area (TPSA) is 105 Å². The largest absolute Gasteiger partial charge is 0.445 e. The van der Waals surface area contributed by atoms with Crippen LogP contribution in [-0.2, 0) is 21.7 Å². The first kappa shape index (κ1) is 28.9. The number of hydrogen-bond acceptors (Lipinski definition) is 5. The second-order valence-electron chi connectivity index (χ2n) is 9.50. The van der Waals surface area contributed by atoms with E-state index in [0.717, 1.165) is 11.1 Å². The van der Waals surface area contributed by atoms with Gasteiger partial charge in [0.15, 0.2) is 0 Å². The summed E-state index contributed by atoms with van der Waals surface area (Å²) < 4.78 is 5.18. The summed E-state index contributed by atoms with van der Waals surface area (Å²) in [4.78, 5) is 26.5. The molecular formula is C26H35Cl2N3O4. The standard InChI is InChI=1S/C26H34ClN3O4.ClH/c1-25(2)18-30(16-14-26(25,33)20-10-12-21(27)13-11-20)23(31)22(28)9-6-15-29-24(32)34-17-19-7-4-3-5-8-19;/h3-5,7-8,10-13,22,33H,6,9,14-18,28H2,1-2H3,(H,29,32);1H/t22-,26+;/m1./s1. The number of nitrogens with zero attached hydrogens (tertiary/aromatic N) is 1. The number of piperidine rings is 1. The molecule has 1 aliphatic heterocycles. The lowest BCUT2D eigenvalue weighted by Gasteiger charge is -2.51. The molecule has 1 fully saturated rings. The molecule has 35 heavy (non-hydrogen) atoms. The van der Waals surface area contributed by atoms with Gasteiger partial charge in [0.2, 0.25) is 5.91 Å². The second-order valence-corrected chi connectivity index (χ2v) is 9.93. The summed E-state index contributed by atoms with van der Waals surface area (Å²) >= 11 is 6.00.